The van der Waals surface area contributed by atoms with Gasteiger partial charge in [-0.3, -0.25) is 9.79 Å². The Morgan fingerprint density at radius 1 is 1.15 bits per heavy atom. The summed E-state index contributed by atoms with van der Waals surface area (Å²) < 4.78 is 52.8. The van der Waals surface area contributed by atoms with E-state index in [9.17, 15) is 22.4 Å². The maximum atomic E-state index is 14.3. The molecule has 3 rings (SSSR count). The number of halogens is 4. The van der Waals surface area contributed by atoms with Crippen LogP contribution in [0.4, 0.5) is 29.1 Å². The standard InChI is InChI=1S/C25H19F4N3O.C4H8N2/c1-3-11-30-22-13-17(5-4-16(22)2)6-7-18-14-19(8-9-21(18)26)24(33)32-23-15-20(10-12-31-23)25(27,28)29;1-4(2-5)3-6/h4-5,8-15H,3H2,1-2H3,(H,31,32,33);2-3,5H,6H2,1H3/b;4-3-,5-2?. The number of nitrogens with one attached hydrogen (secondary N) is 2. The average molecular weight is 538 g/mol. The molecule has 0 aliphatic carbocycles. The molecule has 0 bridgehead atoms. The molecule has 0 aliphatic rings. The van der Waals surface area contributed by atoms with Crippen LogP contribution in [0, 0.1) is 30.0 Å². The number of hydrogen-bond acceptors (Lipinski definition) is 5. The number of carbonyl (C=O) groups is 1. The molecule has 0 spiro atoms. The summed E-state index contributed by atoms with van der Waals surface area (Å²) in [6.45, 7) is 5.66. The van der Waals surface area contributed by atoms with Gasteiger partial charge in [-0.25, -0.2) is 9.37 Å². The Hall–Kier alpha value is -4.78. The molecule has 4 N–H and O–H groups in total. The van der Waals surface area contributed by atoms with Gasteiger partial charge in [0.05, 0.1) is 16.8 Å². The Bertz CT molecular complexity index is 1450. The van der Waals surface area contributed by atoms with Crippen molar-refractivity contribution in [3.63, 3.8) is 0 Å². The Morgan fingerprint density at radius 2 is 1.90 bits per heavy atom. The average Bonchev–Trinajstić information content (AvgIpc) is 2.92. The monoisotopic (exact) mass is 537 g/mol. The number of alkyl halides is 3. The molecule has 6 nitrogen and oxygen atoms in total. The van der Waals surface area contributed by atoms with Crippen molar-refractivity contribution >= 4 is 29.8 Å². The number of carbonyl (C=O) groups excluding carboxylic acids is 1. The quantitative estimate of drug-likeness (QED) is 0.189. The number of hydrogen-bond donors (Lipinski definition) is 3. The van der Waals surface area contributed by atoms with Crippen molar-refractivity contribution in [1.29, 1.82) is 5.41 Å². The number of aliphatic imine (C=N–C) groups is 1. The van der Waals surface area contributed by atoms with Crippen molar-refractivity contribution in [2.45, 2.75) is 33.4 Å². The molecule has 0 radical (unpaired) electrons. The van der Waals surface area contributed by atoms with E-state index in [0.29, 0.717) is 5.56 Å². The van der Waals surface area contributed by atoms with Crippen molar-refractivity contribution in [2.75, 3.05) is 5.32 Å². The van der Waals surface area contributed by atoms with Crippen LogP contribution in [0.1, 0.15) is 52.9 Å². The third kappa shape index (κ3) is 9.55. The largest absolute Gasteiger partial charge is 0.416 e. The minimum atomic E-state index is -4.57. The first-order valence-electron chi connectivity index (χ1n) is 11.7. The van der Waals surface area contributed by atoms with Gasteiger partial charge in [0.25, 0.3) is 5.91 Å². The zero-order valence-electron chi connectivity index (χ0n) is 21.5. The summed E-state index contributed by atoms with van der Waals surface area (Å²) in [6, 6.07) is 10.5. The number of amides is 1. The SMILES string of the molecule is C/C(C=N)=C/N.CCC=Nc1cc(C#Cc2cc(C(=O)Nc3cc(C(F)(F)F)ccn3)ccc2F)ccc1C. The predicted molar refractivity (Wildman–Crippen MR) is 146 cm³/mol. The summed E-state index contributed by atoms with van der Waals surface area (Å²) in [7, 11) is 0. The molecule has 0 unspecified atom stereocenters. The maximum Gasteiger partial charge on any atom is 0.416 e. The summed E-state index contributed by atoms with van der Waals surface area (Å²) in [5.41, 5.74) is 7.15. The van der Waals surface area contributed by atoms with Crippen molar-refractivity contribution in [3.05, 3.63) is 100 Å². The summed E-state index contributed by atoms with van der Waals surface area (Å²) >= 11 is 0. The van der Waals surface area contributed by atoms with Gasteiger partial charge in [0.2, 0.25) is 0 Å². The van der Waals surface area contributed by atoms with Crippen LogP contribution >= 0.6 is 0 Å². The second-order valence-corrected chi connectivity index (χ2v) is 8.10. The molecule has 1 heterocycles. The van der Waals surface area contributed by atoms with E-state index in [-0.39, 0.29) is 16.9 Å². The second kappa shape index (κ2) is 14.2. The Morgan fingerprint density at radius 3 is 2.51 bits per heavy atom. The maximum absolute atomic E-state index is 14.3. The summed E-state index contributed by atoms with van der Waals surface area (Å²) in [5, 5.41) is 8.82. The predicted octanol–water partition coefficient (Wildman–Crippen LogP) is 6.81. The first kappa shape index (κ1) is 30.4. The number of pyridine rings is 1. The topological polar surface area (TPSA) is 104 Å². The fourth-order valence-electron chi connectivity index (χ4n) is 2.83. The summed E-state index contributed by atoms with van der Waals surface area (Å²) in [6.07, 6.45) is 1.54. The molecule has 0 saturated heterocycles. The first-order valence-corrected chi connectivity index (χ1v) is 11.7. The number of benzene rings is 2. The van der Waals surface area contributed by atoms with Crippen LogP contribution in [0.5, 0.6) is 0 Å². The molecule has 1 amide bonds. The molecule has 0 saturated carbocycles. The molecule has 0 aliphatic heterocycles. The van der Waals surface area contributed by atoms with Crippen molar-refractivity contribution in [1.82, 2.24) is 4.98 Å². The van der Waals surface area contributed by atoms with Crippen LogP contribution in [0.2, 0.25) is 0 Å². The number of rotatable bonds is 5. The van der Waals surface area contributed by atoms with Crippen molar-refractivity contribution < 1.29 is 22.4 Å². The number of anilines is 1. The molecular weight excluding hydrogens is 510 g/mol. The third-order valence-electron chi connectivity index (χ3n) is 5.01. The van der Waals surface area contributed by atoms with E-state index in [2.05, 4.69) is 27.1 Å². The summed E-state index contributed by atoms with van der Waals surface area (Å²) in [5.74, 6) is 3.91. The molecule has 0 atom stereocenters. The number of aromatic nitrogens is 1. The fourth-order valence-corrected chi connectivity index (χ4v) is 2.83. The van der Waals surface area contributed by atoms with Crippen LogP contribution < -0.4 is 11.1 Å². The lowest BCUT2D eigenvalue weighted by Crippen LogP contribution is -2.14. The van der Waals surface area contributed by atoms with Crippen LogP contribution in [0.3, 0.4) is 0 Å². The van der Waals surface area contributed by atoms with Crippen LogP contribution in [0.25, 0.3) is 0 Å². The lowest BCUT2D eigenvalue weighted by molar-refractivity contribution is -0.137. The van der Waals surface area contributed by atoms with E-state index in [4.69, 9.17) is 11.1 Å². The highest BCUT2D eigenvalue weighted by Gasteiger charge is 2.30. The van der Waals surface area contributed by atoms with Crippen LogP contribution in [-0.4, -0.2) is 23.3 Å². The van der Waals surface area contributed by atoms with Crippen LogP contribution in [-0.2, 0) is 6.18 Å². The molecular formula is C29H27F4N5O. The third-order valence-corrected chi connectivity index (χ3v) is 5.01. The highest BCUT2D eigenvalue weighted by molar-refractivity contribution is 6.04. The van der Waals surface area contributed by atoms with E-state index < -0.39 is 23.5 Å². The lowest BCUT2D eigenvalue weighted by atomic mass is 10.1. The first-order chi connectivity index (χ1) is 18.5. The smallest absolute Gasteiger partial charge is 0.404 e. The zero-order chi connectivity index (χ0) is 29.0. The van der Waals surface area contributed by atoms with E-state index in [1.807, 2.05) is 19.9 Å². The number of nitrogens with two attached hydrogens (primary N) is 1. The fraction of sp³-hybridized carbons (Fsp3) is 0.172. The molecule has 0 fully saturated rings. The van der Waals surface area contributed by atoms with Crippen LogP contribution in [0.15, 0.2) is 71.5 Å². The van der Waals surface area contributed by atoms with E-state index in [1.165, 1.54) is 24.5 Å². The molecule has 3 aromatic rings. The Balaban J connectivity index is 0.000000798. The van der Waals surface area contributed by atoms with Crippen molar-refractivity contribution in [2.24, 2.45) is 10.7 Å². The highest BCUT2D eigenvalue weighted by atomic mass is 19.4. The van der Waals surface area contributed by atoms with Gasteiger partial charge < -0.3 is 16.5 Å². The highest BCUT2D eigenvalue weighted by Crippen LogP contribution is 2.30. The number of allylic oxidation sites excluding steroid dienone is 1. The lowest BCUT2D eigenvalue weighted by Gasteiger charge is -2.09. The minimum absolute atomic E-state index is 0.0250. The molecule has 2 aromatic carbocycles. The van der Waals surface area contributed by atoms with E-state index in [1.54, 1.807) is 25.3 Å². The normalized spacial score (nSPS) is 11.2. The van der Waals surface area contributed by atoms with Gasteiger partial charge in [-0.2, -0.15) is 13.2 Å². The van der Waals surface area contributed by atoms with Gasteiger partial charge in [0, 0.05) is 29.8 Å². The van der Waals surface area contributed by atoms with Gasteiger partial charge in [-0.15, -0.1) is 0 Å². The van der Waals surface area contributed by atoms with Gasteiger partial charge in [0.1, 0.15) is 11.6 Å². The summed E-state index contributed by atoms with van der Waals surface area (Å²) in [4.78, 5) is 20.6. The second-order valence-electron chi connectivity index (χ2n) is 8.10. The minimum Gasteiger partial charge on any atom is -0.404 e. The molecule has 1 aromatic heterocycles. The van der Waals surface area contributed by atoms with E-state index >= 15 is 0 Å². The molecule has 202 valence electrons. The zero-order valence-corrected chi connectivity index (χ0v) is 21.5. The Labute approximate surface area is 224 Å². The van der Waals surface area contributed by atoms with Gasteiger partial charge in [-0.1, -0.05) is 24.8 Å². The van der Waals surface area contributed by atoms with Gasteiger partial charge >= 0.3 is 6.18 Å². The van der Waals surface area contributed by atoms with Gasteiger partial charge in [0.15, 0.2) is 0 Å². The van der Waals surface area contributed by atoms with Crippen molar-refractivity contribution in [3.8, 4) is 11.8 Å². The van der Waals surface area contributed by atoms with Gasteiger partial charge in [-0.05, 0) is 80.1 Å². The number of aryl methyl sites for hydroxylation is 1. The Kier molecular flexibility index (Phi) is 11.1. The molecule has 39 heavy (non-hydrogen) atoms. The van der Waals surface area contributed by atoms with E-state index in [0.717, 1.165) is 47.6 Å². The number of nitrogens with zero attached hydrogens (tertiary/aromatic N) is 2. The molecule has 10 heteroatoms.